The summed E-state index contributed by atoms with van der Waals surface area (Å²) >= 11 is 12.1. The van der Waals surface area contributed by atoms with Crippen LogP contribution >= 0.6 is 23.2 Å². The summed E-state index contributed by atoms with van der Waals surface area (Å²) in [5, 5.41) is 1.09. The number of hydrogen-bond donors (Lipinski definition) is 1. The van der Waals surface area contributed by atoms with Crippen molar-refractivity contribution in [3.8, 4) is 0 Å². The normalized spacial score (nSPS) is 24.0. The van der Waals surface area contributed by atoms with Crippen LogP contribution in [0.15, 0.2) is 18.2 Å². The molecule has 3 rings (SSSR count). The number of rotatable bonds is 3. The Hall–Kier alpha value is -0.770. The summed E-state index contributed by atoms with van der Waals surface area (Å²) in [5.41, 5.74) is 7.02. The van der Waals surface area contributed by atoms with Crippen molar-refractivity contribution in [1.82, 2.24) is 4.90 Å². The highest BCUT2D eigenvalue weighted by Gasteiger charge is 2.38. The van der Waals surface area contributed by atoms with Gasteiger partial charge in [-0.3, -0.25) is 4.79 Å². The lowest BCUT2D eigenvalue weighted by Crippen LogP contribution is -2.50. The second-order valence-electron chi connectivity index (χ2n) is 6.31. The summed E-state index contributed by atoms with van der Waals surface area (Å²) in [6.07, 6.45) is 5.52. The van der Waals surface area contributed by atoms with Crippen molar-refractivity contribution in [3.63, 3.8) is 0 Å². The molecule has 1 saturated carbocycles. The zero-order valence-electron chi connectivity index (χ0n) is 11.9. The van der Waals surface area contributed by atoms with Gasteiger partial charge in [0.05, 0.1) is 16.1 Å². The molecule has 2 fully saturated rings. The van der Waals surface area contributed by atoms with E-state index in [0.717, 1.165) is 44.2 Å². The Balaban J connectivity index is 1.75. The number of amides is 1. The Kier molecular flexibility index (Phi) is 4.17. The van der Waals surface area contributed by atoms with E-state index in [1.54, 1.807) is 6.07 Å². The van der Waals surface area contributed by atoms with Gasteiger partial charge in [0, 0.05) is 18.5 Å². The van der Waals surface area contributed by atoms with E-state index in [0.29, 0.717) is 16.5 Å². The van der Waals surface area contributed by atoms with E-state index in [9.17, 15) is 4.79 Å². The van der Waals surface area contributed by atoms with Gasteiger partial charge in [0.1, 0.15) is 0 Å². The molecule has 3 nitrogen and oxygen atoms in total. The fourth-order valence-electron chi connectivity index (χ4n) is 3.34. The van der Waals surface area contributed by atoms with Gasteiger partial charge < -0.3 is 10.6 Å². The van der Waals surface area contributed by atoms with E-state index >= 15 is 0 Å². The molecule has 1 atom stereocenters. The predicted molar refractivity (Wildman–Crippen MR) is 85.5 cm³/mol. The molecule has 1 aliphatic carbocycles. The van der Waals surface area contributed by atoms with Gasteiger partial charge in [0.2, 0.25) is 5.91 Å². The van der Waals surface area contributed by atoms with Crippen molar-refractivity contribution >= 4 is 29.1 Å². The van der Waals surface area contributed by atoms with Crippen molar-refractivity contribution < 1.29 is 4.79 Å². The minimum atomic E-state index is -0.262. The Labute approximate surface area is 135 Å². The zero-order chi connectivity index (χ0) is 15.0. The molecule has 0 aromatic heterocycles. The topological polar surface area (TPSA) is 46.3 Å². The standard InChI is InChI=1S/C16H20Cl2N2O/c17-12-5-4-11(9-13(12)18)14-3-1-8-20(14)15(21)10-16(19)6-2-7-16/h4-5,9,14H,1-3,6-8,10,19H2. The third-order valence-electron chi connectivity index (χ3n) is 4.75. The van der Waals surface area contributed by atoms with Crippen molar-refractivity contribution in [2.24, 2.45) is 5.73 Å². The molecule has 1 aromatic rings. The fourth-order valence-corrected chi connectivity index (χ4v) is 3.65. The van der Waals surface area contributed by atoms with Gasteiger partial charge in [-0.05, 0) is 49.8 Å². The fraction of sp³-hybridized carbons (Fsp3) is 0.562. The lowest BCUT2D eigenvalue weighted by Gasteiger charge is -2.39. The van der Waals surface area contributed by atoms with Crippen LogP contribution in [0.1, 0.15) is 50.1 Å². The molecular weight excluding hydrogens is 307 g/mol. The maximum Gasteiger partial charge on any atom is 0.224 e. The van der Waals surface area contributed by atoms with Crippen molar-refractivity contribution in [2.75, 3.05) is 6.54 Å². The van der Waals surface area contributed by atoms with Crippen LogP contribution in [0.2, 0.25) is 10.0 Å². The zero-order valence-corrected chi connectivity index (χ0v) is 13.5. The quantitative estimate of drug-likeness (QED) is 0.914. The molecule has 1 amide bonds. The number of nitrogens with zero attached hydrogens (tertiary/aromatic N) is 1. The van der Waals surface area contributed by atoms with E-state index in [-0.39, 0.29) is 17.5 Å². The highest BCUT2D eigenvalue weighted by Crippen LogP contribution is 2.38. The first-order chi connectivity index (χ1) is 9.98. The van der Waals surface area contributed by atoms with Crippen LogP contribution in [0.25, 0.3) is 0 Å². The lowest BCUT2D eigenvalue weighted by atomic mass is 9.75. The molecule has 2 N–H and O–H groups in total. The number of carbonyl (C=O) groups is 1. The second-order valence-corrected chi connectivity index (χ2v) is 7.13. The Morgan fingerprint density at radius 3 is 2.67 bits per heavy atom. The van der Waals surface area contributed by atoms with E-state index in [2.05, 4.69) is 0 Å². The monoisotopic (exact) mass is 326 g/mol. The molecule has 1 unspecified atom stereocenters. The summed E-state index contributed by atoms with van der Waals surface area (Å²) in [6.45, 7) is 0.805. The molecule has 1 aromatic carbocycles. The molecule has 5 heteroatoms. The van der Waals surface area contributed by atoms with Gasteiger partial charge in [0.25, 0.3) is 0 Å². The summed E-state index contributed by atoms with van der Waals surface area (Å²) in [5.74, 6) is 0.172. The Bertz CT molecular complexity index is 557. The second kappa shape index (κ2) is 5.79. The molecule has 21 heavy (non-hydrogen) atoms. The van der Waals surface area contributed by atoms with E-state index in [1.165, 1.54) is 0 Å². The van der Waals surface area contributed by atoms with Crippen LogP contribution in [0.5, 0.6) is 0 Å². The molecule has 1 heterocycles. The van der Waals surface area contributed by atoms with Gasteiger partial charge in [-0.25, -0.2) is 0 Å². The van der Waals surface area contributed by atoms with Crippen LogP contribution in [-0.4, -0.2) is 22.9 Å². The SMILES string of the molecule is NC1(CC(=O)N2CCCC2c2ccc(Cl)c(Cl)c2)CCC1. The first kappa shape index (κ1) is 15.1. The largest absolute Gasteiger partial charge is 0.336 e. The minimum absolute atomic E-state index is 0.107. The summed E-state index contributed by atoms with van der Waals surface area (Å²) in [6, 6.07) is 5.75. The highest BCUT2D eigenvalue weighted by atomic mass is 35.5. The average Bonchev–Trinajstić information content (AvgIpc) is 2.89. The molecule has 114 valence electrons. The minimum Gasteiger partial charge on any atom is -0.336 e. The number of carbonyl (C=O) groups excluding carboxylic acids is 1. The van der Waals surface area contributed by atoms with E-state index in [1.807, 2.05) is 17.0 Å². The first-order valence-electron chi connectivity index (χ1n) is 7.52. The van der Waals surface area contributed by atoms with Crippen molar-refractivity contribution in [1.29, 1.82) is 0 Å². The Morgan fingerprint density at radius 1 is 1.29 bits per heavy atom. The number of halogens is 2. The molecule has 1 aliphatic heterocycles. The average molecular weight is 327 g/mol. The van der Waals surface area contributed by atoms with Crippen LogP contribution in [0.4, 0.5) is 0 Å². The number of benzene rings is 1. The molecule has 0 bridgehead atoms. The lowest BCUT2D eigenvalue weighted by molar-refractivity contribution is -0.134. The van der Waals surface area contributed by atoms with Gasteiger partial charge in [0.15, 0.2) is 0 Å². The van der Waals surface area contributed by atoms with E-state index in [4.69, 9.17) is 28.9 Å². The summed E-state index contributed by atoms with van der Waals surface area (Å²) in [4.78, 5) is 14.5. The molecule has 0 radical (unpaired) electrons. The molecule has 2 aliphatic rings. The van der Waals surface area contributed by atoms with Crippen molar-refractivity contribution in [3.05, 3.63) is 33.8 Å². The van der Waals surface area contributed by atoms with Gasteiger partial charge in [-0.15, -0.1) is 0 Å². The van der Waals surface area contributed by atoms with Crippen molar-refractivity contribution in [2.45, 2.75) is 50.1 Å². The third kappa shape index (κ3) is 3.05. The van der Waals surface area contributed by atoms with Gasteiger partial charge >= 0.3 is 0 Å². The molecule has 1 saturated heterocycles. The smallest absolute Gasteiger partial charge is 0.224 e. The van der Waals surface area contributed by atoms with Gasteiger partial charge in [-0.1, -0.05) is 29.3 Å². The maximum absolute atomic E-state index is 12.6. The number of hydrogen-bond acceptors (Lipinski definition) is 2. The van der Waals surface area contributed by atoms with Crippen LogP contribution in [0, 0.1) is 0 Å². The highest BCUT2D eigenvalue weighted by molar-refractivity contribution is 6.42. The van der Waals surface area contributed by atoms with Crippen LogP contribution in [-0.2, 0) is 4.79 Å². The van der Waals surface area contributed by atoms with Crippen LogP contribution in [0.3, 0.4) is 0 Å². The third-order valence-corrected chi connectivity index (χ3v) is 5.49. The van der Waals surface area contributed by atoms with E-state index < -0.39 is 0 Å². The molecule has 0 spiro atoms. The first-order valence-corrected chi connectivity index (χ1v) is 8.27. The Morgan fingerprint density at radius 2 is 2.05 bits per heavy atom. The summed E-state index contributed by atoms with van der Waals surface area (Å²) in [7, 11) is 0. The summed E-state index contributed by atoms with van der Waals surface area (Å²) < 4.78 is 0. The number of nitrogens with two attached hydrogens (primary N) is 1. The predicted octanol–water partition coefficient (Wildman–Crippen LogP) is 3.93. The number of likely N-dealkylation sites (tertiary alicyclic amines) is 1. The maximum atomic E-state index is 12.6. The van der Waals surface area contributed by atoms with Crippen LogP contribution < -0.4 is 5.73 Å². The molecular formula is C16H20Cl2N2O. The van der Waals surface area contributed by atoms with Gasteiger partial charge in [-0.2, -0.15) is 0 Å².